The summed E-state index contributed by atoms with van der Waals surface area (Å²) in [5, 5.41) is 6.98. The molecule has 1 amide bonds. The van der Waals surface area contributed by atoms with Gasteiger partial charge < -0.3 is 20.1 Å². The van der Waals surface area contributed by atoms with Crippen molar-refractivity contribution in [2.45, 2.75) is 0 Å². The summed E-state index contributed by atoms with van der Waals surface area (Å²) in [5.74, 6) is 1.27. The lowest BCUT2D eigenvalue weighted by atomic mass is 10.2. The second-order valence-electron chi connectivity index (χ2n) is 5.64. The number of amides is 1. The van der Waals surface area contributed by atoms with Gasteiger partial charge in [0.05, 0.1) is 17.7 Å². The van der Waals surface area contributed by atoms with E-state index < -0.39 is 0 Å². The molecule has 6 nitrogen and oxygen atoms in total. The Labute approximate surface area is 144 Å². The zero-order valence-electron chi connectivity index (χ0n) is 13.5. The SMILES string of the molecule is O=C(CNc1ccc2c(c1)OCCO2)Nc1cccc2cccnc12. The maximum Gasteiger partial charge on any atom is 0.243 e. The highest BCUT2D eigenvalue weighted by Gasteiger charge is 2.12. The number of aromatic nitrogens is 1. The highest BCUT2D eigenvalue weighted by Crippen LogP contribution is 2.32. The Bertz CT molecular complexity index is 921. The van der Waals surface area contributed by atoms with Crippen molar-refractivity contribution in [1.29, 1.82) is 0 Å². The number of hydrogen-bond donors (Lipinski definition) is 2. The van der Waals surface area contributed by atoms with Gasteiger partial charge in [0.1, 0.15) is 13.2 Å². The summed E-state index contributed by atoms with van der Waals surface area (Å²) in [6, 6.07) is 15.1. The predicted molar refractivity (Wildman–Crippen MR) is 96.3 cm³/mol. The monoisotopic (exact) mass is 335 g/mol. The topological polar surface area (TPSA) is 72.5 Å². The van der Waals surface area contributed by atoms with Gasteiger partial charge in [-0.1, -0.05) is 18.2 Å². The van der Waals surface area contributed by atoms with Crippen LogP contribution in [0.3, 0.4) is 0 Å². The predicted octanol–water partition coefficient (Wildman–Crippen LogP) is 3.06. The number of hydrogen-bond acceptors (Lipinski definition) is 5. The summed E-state index contributed by atoms with van der Waals surface area (Å²) in [4.78, 5) is 16.6. The molecule has 1 aromatic heterocycles. The first-order valence-electron chi connectivity index (χ1n) is 8.07. The Kier molecular flexibility index (Phi) is 4.08. The number of nitrogens with zero attached hydrogens (tertiary/aromatic N) is 1. The van der Waals surface area contributed by atoms with Crippen LogP contribution in [0.5, 0.6) is 11.5 Å². The van der Waals surface area contributed by atoms with Crippen LogP contribution < -0.4 is 20.1 Å². The number of nitrogens with one attached hydrogen (secondary N) is 2. The quantitative estimate of drug-likeness (QED) is 0.767. The molecule has 2 N–H and O–H groups in total. The van der Waals surface area contributed by atoms with Gasteiger partial charge in [-0.2, -0.15) is 0 Å². The minimum atomic E-state index is -0.145. The number of pyridine rings is 1. The van der Waals surface area contributed by atoms with E-state index >= 15 is 0 Å². The van der Waals surface area contributed by atoms with Gasteiger partial charge in [-0.3, -0.25) is 9.78 Å². The van der Waals surface area contributed by atoms with Crippen molar-refractivity contribution >= 4 is 28.2 Å². The third-order valence-corrected chi connectivity index (χ3v) is 3.90. The maximum absolute atomic E-state index is 12.3. The molecule has 0 fully saturated rings. The van der Waals surface area contributed by atoms with Crippen LogP contribution in [0.1, 0.15) is 0 Å². The van der Waals surface area contributed by atoms with Crippen LogP contribution in [0.25, 0.3) is 10.9 Å². The molecule has 0 aliphatic carbocycles. The number of carbonyl (C=O) groups is 1. The van der Waals surface area contributed by atoms with E-state index in [1.807, 2.05) is 48.5 Å². The van der Waals surface area contributed by atoms with Gasteiger partial charge in [0.15, 0.2) is 11.5 Å². The first kappa shape index (κ1) is 15.3. The lowest BCUT2D eigenvalue weighted by molar-refractivity contribution is -0.114. The second-order valence-corrected chi connectivity index (χ2v) is 5.64. The molecule has 0 spiro atoms. The summed E-state index contributed by atoms with van der Waals surface area (Å²) >= 11 is 0. The number of para-hydroxylation sites is 1. The van der Waals surface area contributed by atoms with Gasteiger partial charge in [-0.25, -0.2) is 0 Å². The second kappa shape index (κ2) is 6.68. The van der Waals surface area contributed by atoms with E-state index in [0.29, 0.717) is 24.7 Å². The highest BCUT2D eigenvalue weighted by atomic mass is 16.6. The first-order valence-corrected chi connectivity index (χ1v) is 8.07. The molecule has 1 aliphatic heterocycles. The molecule has 25 heavy (non-hydrogen) atoms. The Morgan fingerprint density at radius 3 is 2.80 bits per heavy atom. The average molecular weight is 335 g/mol. The molecule has 2 aromatic carbocycles. The smallest absolute Gasteiger partial charge is 0.243 e. The molecule has 0 saturated heterocycles. The Morgan fingerprint density at radius 1 is 1.04 bits per heavy atom. The third-order valence-electron chi connectivity index (χ3n) is 3.90. The van der Waals surface area contributed by atoms with Gasteiger partial charge in [-0.15, -0.1) is 0 Å². The summed E-state index contributed by atoms with van der Waals surface area (Å²) in [7, 11) is 0. The molecule has 126 valence electrons. The molecule has 0 radical (unpaired) electrons. The van der Waals surface area contributed by atoms with E-state index in [4.69, 9.17) is 9.47 Å². The van der Waals surface area contributed by atoms with Crippen molar-refractivity contribution in [3.8, 4) is 11.5 Å². The van der Waals surface area contributed by atoms with E-state index in [2.05, 4.69) is 15.6 Å². The lowest BCUT2D eigenvalue weighted by Crippen LogP contribution is -2.22. The number of anilines is 2. The fraction of sp³-hybridized carbons (Fsp3) is 0.158. The van der Waals surface area contributed by atoms with E-state index in [0.717, 1.165) is 22.3 Å². The summed E-state index contributed by atoms with van der Waals surface area (Å²) in [6.45, 7) is 1.23. The lowest BCUT2D eigenvalue weighted by Gasteiger charge is -2.19. The minimum absolute atomic E-state index is 0.142. The molecule has 0 atom stereocenters. The van der Waals surface area contributed by atoms with Gasteiger partial charge in [0.25, 0.3) is 0 Å². The average Bonchev–Trinajstić information content (AvgIpc) is 2.66. The van der Waals surface area contributed by atoms with E-state index in [1.54, 1.807) is 6.20 Å². The molecular weight excluding hydrogens is 318 g/mol. The van der Waals surface area contributed by atoms with Crippen molar-refractivity contribution in [3.63, 3.8) is 0 Å². The minimum Gasteiger partial charge on any atom is -0.486 e. The Balaban J connectivity index is 1.42. The highest BCUT2D eigenvalue weighted by molar-refractivity contribution is 6.01. The van der Waals surface area contributed by atoms with Crippen LogP contribution in [0.2, 0.25) is 0 Å². The molecule has 0 bridgehead atoms. The van der Waals surface area contributed by atoms with Crippen LogP contribution in [-0.4, -0.2) is 30.6 Å². The fourth-order valence-electron chi connectivity index (χ4n) is 2.74. The van der Waals surface area contributed by atoms with Crippen LogP contribution in [0, 0.1) is 0 Å². The van der Waals surface area contributed by atoms with Crippen molar-refractivity contribution in [2.75, 3.05) is 30.4 Å². The Hall–Kier alpha value is -3.28. The van der Waals surface area contributed by atoms with Crippen LogP contribution in [0.15, 0.2) is 54.7 Å². The molecule has 2 heterocycles. The molecule has 3 aromatic rings. The molecule has 0 saturated carbocycles. The molecule has 0 unspecified atom stereocenters. The van der Waals surface area contributed by atoms with Crippen molar-refractivity contribution in [1.82, 2.24) is 4.98 Å². The molecule has 4 rings (SSSR count). The number of ether oxygens (including phenoxy) is 2. The number of rotatable bonds is 4. The summed E-state index contributed by atoms with van der Waals surface area (Å²) in [6.07, 6.45) is 1.71. The molecular formula is C19H17N3O3. The largest absolute Gasteiger partial charge is 0.486 e. The molecule has 6 heteroatoms. The number of benzene rings is 2. The van der Waals surface area contributed by atoms with Crippen molar-refractivity contribution < 1.29 is 14.3 Å². The zero-order chi connectivity index (χ0) is 17.1. The standard InChI is InChI=1S/C19H17N3O3/c23-18(22-15-5-1-3-13-4-2-8-20-19(13)15)12-21-14-6-7-16-17(11-14)25-10-9-24-16/h1-8,11,21H,9-10,12H2,(H,22,23). The summed E-state index contributed by atoms with van der Waals surface area (Å²) in [5.41, 5.74) is 2.28. The van der Waals surface area contributed by atoms with Gasteiger partial charge in [-0.05, 0) is 24.3 Å². The van der Waals surface area contributed by atoms with Crippen LogP contribution in [-0.2, 0) is 4.79 Å². The normalized spacial score (nSPS) is 12.6. The van der Waals surface area contributed by atoms with E-state index in [9.17, 15) is 4.79 Å². The van der Waals surface area contributed by atoms with Crippen molar-refractivity contribution in [2.24, 2.45) is 0 Å². The first-order chi connectivity index (χ1) is 12.3. The van der Waals surface area contributed by atoms with Gasteiger partial charge >= 0.3 is 0 Å². The van der Waals surface area contributed by atoms with E-state index in [-0.39, 0.29) is 12.5 Å². The van der Waals surface area contributed by atoms with Crippen LogP contribution >= 0.6 is 0 Å². The summed E-state index contributed by atoms with van der Waals surface area (Å²) < 4.78 is 11.0. The van der Waals surface area contributed by atoms with E-state index in [1.165, 1.54) is 0 Å². The van der Waals surface area contributed by atoms with Crippen LogP contribution in [0.4, 0.5) is 11.4 Å². The Morgan fingerprint density at radius 2 is 1.88 bits per heavy atom. The van der Waals surface area contributed by atoms with Gasteiger partial charge in [0.2, 0.25) is 5.91 Å². The fourth-order valence-corrected chi connectivity index (χ4v) is 2.74. The zero-order valence-corrected chi connectivity index (χ0v) is 13.5. The van der Waals surface area contributed by atoms with Crippen molar-refractivity contribution in [3.05, 3.63) is 54.7 Å². The third kappa shape index (κ3) is 3.33. The van der Waals surface area contributed by atoms with Gasteiger partial charge in [0, 0.05) is 23.3 Å². The number of fused-ring (bicyclic) bond motifs is 2. The maximum atomic E-state index is 12.3. The number of carbonyl (C=O) groups excluding carboxylic acids is 1. The molecule has 1 aliphatic rings.